The Morgan fingerprint density at radius 2 is 2.06 bits per heavy atom. The molecule has 0 N–H and O–H groups in total. The van der Waals surface area contributed by atoms with Crippen molar-refractivity contribution in [1.29, 1.82) is 0 Å². The van der Waals surface area contributed by atoms with Crippen LogP contribution in [0.2, 0.25) is 0 Å². The van der Waals surface area contributed by atoms with Gasteiger partial charge in [-0.15, -0.1) is 17.9 Å². The molecule has 164 valence electrons. The number of anilines is 1. The van der Waals surface area contributed by atoms with E-state index < -0.39 is 0 Å². The van der Waals surface area contributed by atoms with Crippen LogP contribution in [-0.2, 0) is 24.1 Å². The molecule has 3 heterocycles. The minimum absolute atomic E-state index is 0.0859. The van der Waals surface area contributed by atoms with Gasteiger partial charge in [0.15, 0.2) is 10.8 Å². The number of aromatic nitrogens is 4. The number of fused-ring (bicyclic) bond motifs is 2. The van der Waals surface area contributed by atoms with Gasteiger partial charge >= 0.3 is 0 Å². The molecule has 0 fully saturated rings. The Morgan fingerprint density at radius 3 is 2.77 bits per heavy atom. The Morgan fingerprint density at radius 1 is 1.29 bits per heavy atom. The number of pyridine rings is 1. The van der Waals surface area contributed by atoms with Crippen molar-refractivity contribution < 1.29 is 4.79 Å². The number of amides is 1. The molecule has 0 spiro atoms. The van der Waals surface area contributed by atoms with Gasteiger partial charge in [0.25, 0.3) is 0 Å². The second-order valence-electron chi connectivity index (χ2n) is 8.59. The van der Waals surface area contributed by atoms with Crippen molar-refractivity contribution >= 4 is 33.4 Å². The van der Waals surface area contributed by atoms with E-state index in [9.17, 15) is 4.79 Å². The van der Waals surface area contributed by atoms with Gasteiger partial charge in [0.1, 0.15) is 0 Å². The molecule has 31 heavy (non-hydrogen) atoms. The lowest BCUT2D eigenvalue weighted by Gasteiger charge is -2.19. The van der Waals surface area contributed by atoms with Gasteiger partial charge in [-0.1, -0.05) is 6.08 Å². The molecule has 3 aromatic heterocycles. The van der Waals surface area contributed by atoms with Gasteiger partial charge in [0, 0.05) is 35.0 Å². The highest BCUT2D eigenvalue weighted by molar-refractivity contribution is 7.16. The zero-order chi connectivity index (χ0) is 22.1. The largest absolute Gasteiger partial charge is 0.284 e. The highest BCUT2D eigenvalue weighted by Gasteiger charge is 2.23. The number of hydrogen-bond acceptors (Lipinski definition) is 5. The van der Waals surface area contributed by atoms with E-state index in [0.29, 0.717) is 19.4 Å². The van der Waals surface area contributed by atoms with Crippen molar-refractivity contribution in [3.8, 4) is 0 Å². The summed E-state index contributed by atoms with van der Waals surface area (Å²) in [5.41, 5.74) is 5.38. The fraction of sp³-hybridized carbons (Fsp3) is 0.500. The normalized spacial score (nSPS) is 13.6. The second-order valence-corrected chi connectivity index (χ2v) is 9.65. The minimum atomic E-state index is 0.0859. The van der Waals surface area contributed by atoms with E-state index in [1.807, 2.05) is 17.8 Å². The van der Waals surface area contributed by atoms with Crippen LogP contribution < -0.4 is 4.90 Å². The molecule has 0 saturated carbocycles. The summed E-state index contributed by atoms with van der Waals surface area (Å²) in [4.78, 5) is 26.0. The molecule has 0 aliphatic heterocycles. The third-order valence-electron chi connectivity index (χ3n) is 6.09. The highest BCUT2D eigenvalue weighted by atomic mass is 32.1. The monoisotopic (exact) mass is 437 g/mol. The Hall–Kier alpha value is -2.54. The number of carbonyl (C=O) groups is 1. The van der Waals surface area contributed by atoms with Crippen molar-refractivity contribution in [2.45, 2.75) is 72.3 Å². The van der Waals surface area contributed by atoms with Crippen molar-refractivity contribution in [1.82, 2.24) is 19.7 Å². The molecule has 0 saturated heterocycles. The van der Waals surface area contributed by atoms with E-state index in [1.54, 1.807) is 22.3 Å². The van der Waals surface area contributed by atoms with Crippen LogP contribution >= 0.6 is 11.3 Å². The van der Waals surface area contributed by atoms with Crippen molar-refractivity contribution in [3.05, 3.63) is 46.2 Å². The van der Waals surface area contributed by atoms with Crippen LogP contribution in [0.4, 0.5) is 5.13 Å². The predicted octanol–water partition coefficient (Wildman–Crippen LogP) is 5.12. The van der Waals surface area contributed by atoms with Crippen LogP contribution in [0.5, 0.6) is 0 Å². The number of hydrogen-bond donors (Lipinski definition) is 0. The predicted molar refractivity (Wildman–Crippen MR) is 127 cm³/mol. The molecule has 0 unspecified atom stereocenters. The standard InChI is InChI=1S/C24H31N5OS/c1-6-13-28(24-27-20-9-7-8-10-21(20)31-24)22(30)12-11-18-16(4)19-14-25-29(15(2)3)23(19)26-17(18)5/h6,14-15H,1,7-13H2,2-5H3. The molecule has 4 rings (SSSR count). The third-order valence-corrected chi connectivity index (χ3v) is 7.27. The Labute approximate surface area is 188 Å². The smallest absolute Gasteiger partial charge is 0.229 e. The summed E-state index contributed by atoms with van der Waals surface area (Å²) >= 11 is 1.67. The van der Waals surface area contributed by atoms with E-state index in [2.05, 4.69) is 32.4 Å². The molecule has 0 atom stereocenters. The van der Waals surface area contributed by atoms with E-state index in [1.165, 1.54) is 29.0 Å². The van der Waals surface area contributed by atoms with Crippen LogP contribution in [0, 0.1) is 13.8 Å². The average molecular weight is 438 g/mol. The third kappa shape index (κ3) is 4.15. The first-order chi connectivity index (χ1) is 14.9. The SMILES string of the molecule is C=CCN(C(=O)CCc1c(C)nc2c(cnn2C(C)C)c1C)c1nc2c(s1)CCCC2. The lowest BCUT2D eigenvalue weighted by atomic mass is 10.00. The van der Waals surface area contributed by atoms with E-state index in [-0.39, 0.29) is 11.9 Å². The van der Waals surface area contributed by atoms with Crippen molar-refractivity contribution in [2.24, 2.45) is 0 Å². The first kappa shape index (κ1) is 21.7. The van der Waals surface area contributed by atoms with Crippen LogP contribution in [0.25, 0.3) is 11.0 Å². The molecular formula is C24H31N5OS. The van der Waals surface area contributed by atoms with Gasteiger partial charge in [-0.3, -0.25) is 9.69 Å². The maximum atomic E-state index is 13.2. The maximum absolute atomic E-state index is 13.2. The molecule has 0 radical (unpaired) electrons. The second kappa shape index (κ2) is 8.91. The highest BCUT2D eigenvalue weighted by Crippen LogP contribution is 2.32. The zero-order valence-corrected chi connectivity index (χ0v) is 19.8. The molecule has 7 heteroatoms. The van der Waals surface area contributed by atoms with Crippen molar-refractivity contribution in [3.63, 3.8) is 0 Å². The number of thiazole rings is 1. The Bertz CT molecular complexity index is 1100. The van der Waals surface area contributed by atoms with Crippen LogP contribution in [-0.4, -0.2) is 32.2 Å². The zero-order valence-electron chi connectivity index (χ0n) is 18.9. The molecular weight excluding hydrogens is 406 g/mol. The summed E-state index contributed by atoms with van der Waals surface area (Å²) in [6.45, 7) is 12.7. The summed E-state index contributed by atoms with van der Waals surface area (Å²) in [5.74, 6) is 0.0859. The maximum Gasteiger partial charge on any atom is 0.229 e. The van der Waals surface area contributed by atoms with E-state index in [0.717, 1.165) is 40.3 Å². The number of nitrogens with zero attached hydrogens (tertiary/aromatic N) is 5. The summed E-state index contributed by atoms with van der Waals surface area (Å²) in [6, 6.07) is 0.257. The first-order valence-corrected chi connectivity index (χ1v) is 12.0. The Balaban J connectivity index is 1.56. The van der Waals surface area contributed by atoms with Crippen LogP contribution in [0.3, 0.4) is 0 Å². The quantitative estimate of drug-likeness (QED) is 0.482. The molecule has 0 aromatic carbocycles. The number of rotatable bonds is 7. The summed E-state index contributed by atoms with van der Waals surface area (Å²) in [6.07, 6.45) is 9.26. The lowest BCUT2D eigenvalue weighted by molar-refractivity contribution is -0.118. The van der Waals surface area contributed by atoms with Gasteiger partial charge in [-0.25, -0.2) is 14.6 Å². The van der Waals surface area contributed by atoms with Crippen molar-refractivity contribution in [2.75, 3.05) is 11.4 Å². The van der Waals surface area contributed by atoms with E-state index >= 15 is 0 Å². The summed E-state index contributed by atoms with van der Waals surface area (Å²) < 4.78 is 1.96. The fourth-order valence-corrected chi connectivity index (χ4v) is 5.55. The van der Waals surface area contributed by atoms with Gasteiger partial charge in [0.2, 0.25) is 5.91 Å². The topological polar surface area (TPSA) is 63.9 Å². The lowest BCUT2D eigenvalue weighted by Crippen LogP contribution is -2.31. The number of carbonyl (C=O) groups excluding carboxylic acids is 1. The van der Waals surface area contributed by atoms with Crippen LogP contribution in [0.1, 0.15) is 66.5 Å². The van der Waals surface area contributed by atoms with Gasteiger partial charge < -0.3 is 0 Å². The van der Waals surface area contributed by atoms with Crippen LogP contribution in [0.15, 0.2) is 18.9 Å². The summed E-state index contributed by atoms with van der Waals surface area (Å²) in [7, 11) is 0. The Kier molecular flexibility index (Phi) is 6.23. The molecule has 3 aromatic rings. The van der Waals surface area contributed by atoms with Gasteiger partial charge in [-0.2, -0.15) is 5.10 Å². The fourth-order valence-electron chi connectivity index (χ4n) is 4.37. The van der Waals surface area contributed by atoms with Gasteiger partial charge in [0.05, 0.1) is 11.9 Å². The molecule has 1 aliphatic carbocycles. The summed E-state index contributed by atoms with van der Waals surface area (Å²) in [5, 5.41) is 6.40. The van der Waals surface area contributed by atoms with E-state index in [4.69, 9.17) is 9.97 Å². The molecule has 1 amide bonds. The van der Waals surface area contributed by atoms with Gasteiger partial charge in [-0.05, 0) is 70.9 Å². The average Bonchev–Trinajstić information content (AvgIpc) is 3.35. The molecule has 6 nitrogen and oxygen atoms in total. The molecule has 1 aliphatic rings. The number of aryl methyl sites for hydroxylation is 4. The first-order valence-electron chi connectivity index (χ1n) is 11.1. The molecule has 0 bridgehead atoms. The minimum Gasteiger partial charge on any atom is -0.284 e.